The quantitative estimate of drug-likeness (QED) is 0.590. The molecule has 0 atom stereocenters. The summed E-state index contributed by atoms with van der Waals surface area (Å²) in [6.07, 6.45) is 6.90. The summed E-state index contributed by atoms with van der Waals surface area (Å²) in [5.74, 6) is 2.11. The number of hydrogen-bond donors (Lipinski definition) is 0. The van der Waals surface area contributed by atoms with Crippen molar-refractivity contribution in [1.82, 2.24) is 40.2 Å². The van der Waals surface area contributed by atoms with Gasteiger partial charge in [-0.05, 0) is 61.1 Å². The number of nitrogens with zero attached hydrogens (tertiary/aromatic N) is 8. The summed E-state index contributed by atoms with van der Waals surface area (Å²) >= 11 is 0. The molecule has 0 saturated heterocycles. The lowest BCUT2D eigenvalue weighted by molar-refractivity contribution is 0.153. The van der Waals surface area contributed by atoms with Crippen molar-refractivity contribution < 1.29 is 4.74 Å². The molecule has 3 aromatic rings. The monoisotopic (exact) mass is 410 g/mol. The average Bonchev–Trinajstić information content (AvgIpc) is 3.31. The van der Waals surface area contributed by atoms with E-state index in [0.29, 0.717) is 18.4 Å². The zero-order chi connectivity index (χ0) is 21.1. The summed E-state index contributed by atoms with van der Waals surface area (Å²) in [6.45, 7) is 7.05. The van der Waals surface area contributed by atoms with E-state index in [9.17, 15) is 0 Å². The minimum Gasteiger partial charge on any atom is -0.489 e. The number of hydrogen-bond acceptors (Lipinski definition) is 7. The largest absolute Gasteiger partial charge is 0.489 e. The maximum absolute atomic E-state index is 6.22. The third kappa shape index (κ3) is 4.49. The van der Waals surface area contributed by atoms with Gasteiger partial charge < -0.3 is 4.74 Å². The molecule has 9 heteroatoms. The smallest absolute Gasteiger partial charge is 0.157 e. The first kappa shape index (κ1) is 20.4. The molecule has 0 bridgehead atoms. The summed E-state index contributed by atoms with van der Waals surface area (Å²) in [4.78, 5) is 4.78. The van der Waals surface area contributed by atoms with Crippen LogP contribution in [0.15, 0.2) is 12.1 Å². The Labute approximate surface area is 176 Å². The molecule has 160 valence electrons. The van der Waals surface area contributed by atoms with E-state index in [1.54, 1.807) is 4.68 Å². The van der Waals surface area contributed by atoms with Gasteiger partial charge in [-0.3, -0.25) is 4.68 Å². The second kappa shape index (κ2) is 8.89. The summed E-state index contributed by atoms with van der Waals surface area (Å²) in [7, 11) is 1.88. The van der Waals surface area contributed by atoms with Crippen molar-refractivity contribution in [2.75, 3.05) is 0 Å². The molecule has 30 heavy (non-hydrogen) atoms. The molecule has 0 N–H and O–H groups in total. The highest BCUT2D eigenvalue weighted by atomic mass is 16.5. The van der Waals surface area contributed by atoms with Gasteiger partial charge in [-0.25, -0.2) is 9.67 Å². The maximum Gasteiger partial charge on any atom is 0.157 e. The number of aryl methyl sites for hydroxylation is 2. The van der Waals surface area contributed by atoms with Crippen LogP contribution in [0.1, 0.15) is 63.2 Å². The number of tetrazole rings is 1. The van der Waals surface area contributed by atoms with Crippen LogP contribution >= 0.6 is 0 Å². The molecule has 3 aromatic heterocycles. The minimum atomic E-state index is 0.303. The van der Waals surface area contributed by atoms with Crippen molar-refractivity contribution in [1.29, 1.82) is 0 Å². The van der Waals surface area contributed by atoms with Crippen LogP contribution in [0.2, 0.25) is 0 Å². The zero-order valence-electron chi connectivity index (χ0n) is 18.2. The molecule has 0 spiro atoms. The Balaban J connectivity index is 1.56. The number of ether oxygens (including phenoxy) is 1. The van der Waals surface area contributed by atoms with Crippen LogP contribution in [0.25, 0.3) is 11.4 Å². The standard InChI is InChI=1S/C21H30N8O/c1-14(2)13-29-20(23-25-27-29)12-18-21(24-26-28(18)4)17-10-11-19(15(3)22-17)30-16-8-6-5-7-9-16/h10-11,14,16H,5-9,12-13H2,1-4H3. The first-order chi connectivity index (χ1) is 14.5. The summed E-state index contributed by atoms with van der Waals surface area (Å²) < 4.78 is 9.84. The van der Waals surface area contributed by atoms with E-state index >= 15 is 0 Å². The Bertz CT molecular complexity index is 987. The van der Waals surface area contributed by atoms with Gasteiger partial charge in [-0.2, -0.15) is 0 Å². The summed E-state index contributed by atoms with van der Waals surface area (Å²) in [6, 6.07) is 3.98. The molecular formula is C21H30N8O. The minimum absolute atomic E-state index is 0.303. The molecule has 0 radical (unpaired) electrons. The molecule has 0 aliphatic heterocycles. The fourth-order valence-corrected chi connectivity index (χ4v) is 3.93. The molecule has 1 fully saturated rings. The Morgan fingerprint density at radius 3 is 2.63 bits per heavy atom. The molecule has 1 aliphatic rings. The third-order valence-corrected chi connectivity index (χ3v) is 5.54. The van der Waals surface area contributed by atoms with Crippen LogP contribution < -0.4 is 4.74 Å². The van der Waals surface area contributed by atoms with Gasteiger partial charge in [0, 0.05) is 13.6 Å². The average molecular weight is 411 g/mol. The topological polar surface area (TPSA) is 96.4 Å². The van der Waals surface area contributed by atoms with Gasteiger partial charge in [0.05, 0.1) is 29.6 Å². The van der Waals surface area contributed by atoms with Crippen LogP contribution in [0, 0.1) is 12.8 Å². The maximum atomic E-state index is 6.22. The van der Waals surface area contributed by atoms with E-state index in [4.69, 9.17) is 9.72 Å². The Morgan fingerprint density at radius 1 is 1.10 bits per heavy atom. The highest BCUT2D eigenvalue weighted by Crippen LogP contribution is 2.28. The van der Waals surface area contributed by atoms with Gasteiger partial charge in [-0.1, -0.05) is 25.5 Å². The molecule has 9 nitrogen and oxygen atoms in total. The second-order valence-electron chi connectivity index (χ2n) is 8.51. The highest BCUT2D eigenvalue weighted by Gasteiger charge is 2.20. The van der Waals surface area contributed by atoms with Crippen molar-refractivity contribution in [3.63, 3.8) is 0 Å². The molecule has 0 amide bonds. The van der Waals surface area contributed by atoms with Gasteiger partial charge in [0.25, 0.3) is 0 Å². The number of rotatable bonds is 7. The highest BCUT2D eigenvalue weighted by molar-refractivity contribution is 5.58. The van der Waals surface area contributed by atoms with Crippen molar-refractivity contribution >= 4 is 0 Å². The van der Waals surface area contributed by atoms with Crippen molar-refractivity contribution in [3.05, 3.63) is 29.3 Å². The first-order valence-corrected chi connectivity index (χ1v) is 10.8. The molecular weight excluding hydrogens is 380 g/mol. The van der Waals surface area contributed by atoms with Crippen LogP contribution in [-0.2, 0) is 20.0 Å². The van der Waals surface area contributed by atoms with Crippen LogP contribution in [0.5, 0.6) is 5.75 Å². The summed E-state index contributed by atoms with van der Waals surface area (Å²) in [5.41, 5.74) is 3.35. The van der Waals surface area contributed by atoms with E-state index in [1.165, 1.54) is 19.3 Å². The molecule has 1 saturated carbocycles. The number of pyridine rings is 1. The van der Waals surface area contributed by atoms with Gasteiger partial charge in [0.2, 0.25) is 0 Å². The molecule has 1 aliphatic carbocycles. The van der Waals surface area contributed by atoms with E-state index in [1.807, 2.05) is 30.8 Å². The van der Waals surface area contributed by atoms with Crippen LogP contribution in [0.3, 0.4) is 0 Å². The van der Waals surface area contributed by atoms with Crippen molar-refractivity contribution in [2.24, 2.45) is 13.0 Å². The molecule has 4 rings (SSSR count). The third-order valence-electron chi connectivity index (χ3n) is 5.54. The zero-order valence-corrected chi connectivity index (χ0v) is 18.2. The predicted molar refractivity (Wildman–Crippen MR) is 112 cm³/mol. The van der Waals surface area contributed by atoms with Gasteiger partial charge in [0.1, 0.15) is 11.4 Å². The lowest BCUT2D eigenvalue weighted by Gasteiger charge is -2.23. The van der Waals surface area contributed by atoms with Crippen molar-refractivity contribution in [3.8, 4) is 17.1 Å². The molecule has 0 unspecified atom stereocenters. The van der Waals surface area contributed by atoms with Crippen molar-refractivity contribution in [2.45, 2.75) is 71.9 Å². The summed E-state index contributed by atoms with van der Waals surface area (Å²) in [5, 5.41) is 20.8. The van der Waals surface area contributed by atoms with Gasteiger partial charge in [0.15, 0.2) is 5.82 Å². The lowest BCUT2D eigenvalue weighted by Crippen LogP contribution is -2.20. The molecule has 3 heterocycles. The second-order valence-corrected chi connectivity index (χ2v) is 8.51. The SMILES string of the molecule is Cc1nc(-c2nnn(C)c2Cc2nnnn2CC(C)C)ccc1OC1CCCCC1. The van der Waals surface area contributed by atoms with E-state index in [-0.39, 0.29) is 0 Å². The fraction of sp³-hybridized carbons (Fsp3) is 0.619. The van der Waals surface area contributed by atoms with Crippen LogP contribution in [-0.4, -0.2) is 46.3 Å². The van der Waals surface area contributed by atoms with E-state index in [2.05, 4.69) is 39.7 Å². The fourth-order valence-electron chi connectivity index (χ4n) is 3.93. The first-order valence-electron chi connectivity index (χ1n) is 10.8. The number of aromatic nitrogens is 8. The molecule has 0 aromatic carbocycles. The van der Waals surface area contributed by atoms with Gasteiger partial charge in [-0.15, -0.1) is 10.2 Å². The predicted octanol–water partition coefficient (Wildman–Crippen LogP) is 3.13. The van der Waals surface area contributed by atoms with E-state index < -0.39 is 0 Å². The lowest BCUT2D eigenvalue weighted by atomic mass is 9.98. The van der Waals surface area contributed by atoms with E-state index in [0.717, 1.165) is 53.7 Å². The Hall–Kier alpha value is -2.84. The van der Waals surface area contributed by atoms with Crippen LogP contribution in [0.4, 0.5) is 0 Å². The van der Waals surface area contributed by atoms with Gasteiger partial charge >= 0.3 is 0 Å². The Morgan fingerprint density at radius 2 is 1.90 bits per heavy atom. The normalized spacial score (nSPS) is 15.1. The Kier molecular flexibility index (Phi) is 6.06.